The van der Waals surface area contributed by atoms with E-state index in [4.69, 9.17) is 0 Å². The van der Waals surface area contributed by atoms with E-state index in [-0.39, 0.29) is 5.91 Å². The number of nitrogens with zero attached hydrogens (tertiary/aromatic N) is 4. The Morgan fingerprint density at radius 2 is 1.85 bits per heavy atom. The van der Waals surface area contributed by atoms with Crippen molar-refractivity contribution in [2.24, 2.45) is 5.41 Å². The van der Waals surface area contributed by atoms with Gasteiger partial charge in [0.2, 0.25) is 0 Å². The highest BCUT2D eigenvalue weighted by Crippen LogP contribution is 2.42. The molecule has 5 rings (SSSR count). The van der Waals surface area contributed by atoms with Gasteiger partial charge in [-0.05, 0) is 48.9 Å². The van der Waals surface area contributed by atoms with E-state index in [2.05, 4.69) is 32.5 Å². The molecule has 1 radical (unpaired) electrons. The minimum absolute atomic E-state index is 0.110. The van der Waals surface area contributed by atoms with Crippen LogP contribution in [0.3, 0.4) is 0 Å². The summed E-state index contributed by atoms with van der Waals surface area (Å²) in [5, 5.41) is 0. The molecule has 1 spiro atoms. The predicted molar refractivity (Wildman–Crippen MR) is 107 cm³/mol. The predicted octanol–water partition coefficient (Wildman–Crippen LogP) is 3.62. The van der Waals surface area contributed by atoms with Gasteiger partial charge in [0.15, 0.2) is 5.51 Å². The van der Waals surface area contributed by atoms with Crippen molar-refractivity contribution in [1.29, 1.82) is 0 Å². The summed E-state index contributed by atoms with van der Waals surface area (Å²) in [5.74, 6) is 0.110. The van der Waals surface area contributed by atoms with Crippen molar-refractivity contribution in [3.63, 3.8) is 0 Å². The van der Waals surface area contributed by atoms with E-state index in [1.165, 1.54) is 23.4 Å². The first-order chi connectivity index (χ1) is 13.2. The molecule has 2 aromatic heterocycles. The number of piperidine rings is 1. The average Bonchev–Trinajstić information content (AvgIpc) is 3.36. The maximum Gasteiger partial charge on any atom is 0.256 e. The van der Waals surface area contributed by atoms with Crippen LogP contribution in [-0.2, 0) is 0 Å². The largest absolute Gasteiger partial charge is 0.371 e. The molecule has 0 N–H and O–H groups in total. The topological polar surface area (TPSA) is 49.3 Å². The fourth-order valence-corrected chi connectivity index (χ4v) is 5.12. The van der Waals surface area contributed by atoms with Crippen molar-refractivity contribution in [2.75, 3.05) is 31.1 Å². The van der Waals surface area contributed by atoms with Crippen molar-refractivity contribution >= 4 is 33.1 Å². The number of rotatable bonds is 2. The van der Waals surface area contributed by atoms with Crippen LogP contribution in [0.4, 0.5) is 5.69 Å². The molecule has 6 heteroatoms. The van der Waals surface area contributed by atoms with Gasteiger partial charge < -0.3 is 9.80 Å². The fraction of sp³-hybridized carbons (Fsp3) is 0.381. The van der Waals surface area contributed by atoms with Gasteiger partial charge in [-0.1, -0.05) is 6.07 Å². The molecule has 137 valence electrons. The number of amides is 1. The quantitative estimate of drug-likeness (QED) is 0.684. The van der Waals surface area contributed by atoms with Crippen molar-refractivity contribution in [3.05, 3.63) is 53.8 Å². The van der Waals surface area contributed by atoms with Gasteiger partial charge in [0.25, 0.3) is 5.91 Å². The van der Waals surface area contributed by atoms with Gasteiger partial charge in [-0.25, -0.2) is 4.98 Å². The van der Waals surface area contributed by atoms with Crippen LogP contribution in [0, 0.1) is 10.9 Å². The summed E-state index contributed by atoms with van der Waals surface area (Å²) in [6.45, 7) is 3.82. The number of para-hydroxylation sites is 1. The number of aromatic nitrogens is 2. The number of pyridine rings is 1. The molecule has 5 nitrogen and oxygen atoms in total. The zero-order valence-electron chi connectivity index (χ0n) is 15.1. The minimum atomic E-state index is 0.110. The Bertz CT molecular complexity index is 962. The number of hydrogen-bond donors (Lipinski definition) is 0. The van der Waals surface area contributed by atoms with E-state index in [9.17, 15) is 4.79 Å². The third-order valence-corrected chi connectivity index (χ3v) is 6.85. The maximum atomic E-state index is 13.1. The van der Waals surface area contributed by atoms with Crippen LogP contribution in [0.2, 0.25) is 0 Å². The van der Waals surface area contributed by atoms with Crippen molar-refractivity contribution in [3.8, 4) is 0 Å². The molecule has 0 saturated carbocycles. The molecule has 0 unspecified atom stereocenters. The Labute approximate surface area is 162 Å². The smallest absolute Gasteiger partial charge is 0.256 e. The Kier molecular flexibility index (Phi) is 4.08. The van der Waals surface area contributed by atoms with Crippen LogP contribution in [0.5, 0.6) is 0 Å². The highest BCUT2D eigenvalue weighted by molar-refractivity contribution is 7.16. The zero-order chi connectivity index (χ0) is 18.3. The summed E-state index contributed by atoms with van der Waals surface area (Å²) >= 11 is 1.46. The minimum Gasteiger partial charge on any atom is -0.371 e. The second kappa shape index (κ2) is 6.60. The standard InChI is InChI=1S/C21H21N4OS/c26-20(17-2-1-3-18-19(17)23-15-27-18)24-11-6-21(7-12-24)8-13-25(14-21)16-4-9-22-10-5-16/h1-5,9-10H,6-8,11-14H2. The maximum absolute atomic E-state index is 13.1. The van der Waals surface area contributed by atoms with Crippen LogP contribution >= 0.6 is 11.3 Å². The van der Waals surface area contributed by atoms with Gasteiger partial charge in [0.05, 0.1) is 15.8 Å². The molecule has 0 aliphatic carbocycles. The first-order valence-electron chi connectivity index (χ1n) is 9.44. The number of thiazole rings is 1. The van der Waals surface area contributed by atoms with Gasteiger partial charge in [0.1, 0.15) is 0 Å². The van der Waals surface area contributed by atoms with Crippen molar-refractivity contribution in [1.82, 2.24) is 14.9 Å². The highest BCUT2D eigenvalue weighted by atomic mass is 32.1. The average molecular weight is 377 g/mol. The van der Waals surface area contributed by atoms with Crippen molar-refractivity contribution < 1.29 is 4.79 Å². The number of carbonyl (C=O) groups is 1. The van der Waals surface area contributed by atoms with E-state index in [0.717, 1.165) is 49.2 Å². The highest BCUT2D eigenvalue weighted by Gasteiger charge is 2.41. The second-order valence-electron chi connectivity index (χ2n) is 7.63. The first kappa shape index (κ1) is 16.7. The molecular weight excluding hydrogens is 356 g/mol. The lowest BCUT2D eigenvalue weighted by atomic mass is 9.77. The van der Waals surface area contributed by atoms with Crippen LogP contribution in [0.1, 0.15) is 29.6 Å². The summed E-state index contributed by atoms with van der Waals surface area (Å²) < 4.78 is 1.03. The van der Waals surface area contributed by atoms with E-state index in [1.807, 2.05) is 35.5 Å². The molecule has 4 heterocycles. The molecule has 0 atom stereocenters. The normalized spacial score (nSPS) is 19.1. The Morgan fingerprint density at radius 1 is 1.07 bits per heavy atom. The third-order valence-electron chi connectivity index (χ3n) is 6.12. The van der Waals surface area contributed by atoms with Gasteiger partial charge in [-0.2, -0.15) is 0 Å². The van der Waals surface area contributed by atoms with Crippen molar-refractivity contribution in [2.45, 2.75) is 19.3 Å². The fourth-order valence-electron chi connectivity index (χ4n) is 4.48. The molecule has 1 aromatic carbocycles. The van der Waals surface area contributed by atoms with Crippen LogP contribution < -0.4 is 4.90 Å². The van der Waals surface area contributed by atoms with E-state index in [1.54, 1.807) is 0 Å². The zero-order valence-corrected chi connectivity index (χ0v) is 15.9. The van der Waals surface area contributed by atoms with Crippen LogP contribution in [0.25, 0.3) is 10.2 Å². The molecule has 3 aromatic rings. The lowest BCUT2D eigenvalue weighted by Crippen LogP contribution is -2.44. The molecule has 2 aliphatic heterocycles. The van der Waals surface area contributed by atoms with E-state index in [0.29, 0.717) is 11.0 Å². The molecular formula is C21H21N4OS. The first-order valence-corrected chi connectivity index (χ1v) is 10.3. The lowest BCUT2D eigenvalue weighted by molar-refractivity contribution is 0.0612. The van der Waals surface area contributed by atoms with Gasteiger partial charge >= 0.3 is 0 Å². The third kappa shape index (κ3) is 2.98. The lowest BCUT2D eigenvalue weighted by Gasteiger charge is -2.39. The number of hydrogen-bond acceptors (Lipinski definition) is 5. The number of likely N-dealkylation sites (tertiary alicyclic amines) is 1. The molecule has 2 aliphatic rings. The molecule has 2 fully saturated rings. The Morgan fingerprint density at radius 3 is 2.67 bits per heavy atom. The van der Waals surface area contributed by atoms with E-state index < -0.39 is 0 Å². The Hall–Kier alpha value is -2.47. The Balaban J connectivity index is 1.28. The number of fused-ring (bicyclic) bond motifs is 1. The van der Waals surface area contributed by atoms with Gasteiger partial charge in [-0.15, -0.1) is 11.3 Å². The molecule has 1 amide bonds. The summed E-state index contributed by atoms with van der Waals surface area (Å²) in [6, 6.07) is 10.0. The van der Waals surface area contributed by atoms with Crippen LogP contribution in [-0.4, -0.2) is 47.0 Å². The number of benzene rings is 1. The van der Waals surface area contributed by atoms with Gasteiger partial charge in [-0.3, -0.25) is 9.78 Å². The monoisotopic (exact) mass is 377 g/mol. The number of anilines is 1. The van der Waals surface area contributed by atoms with E-state index >= 15 is 0 Å². The summed E-state index contributed by atoms with van der Waals surface area (Å²) in [4.78, 5) is 25.9. The molecule has 27 heavy (non-hydrogen) atoms. The second-order valence-corrected chi connectivity index (χ2v) is 8.45. The van der Waals surface area contributed by atoms with Crippen LogP contribution in [0.15, 0.2) is 42.7 Å². The summed E-state index contributed by atoms with van der Waals surface area (Å²) in [6.07, 6.45) is 7.06. The summed E-state index contributed by atoms with van der Waals surface area (Å²) in [5.41, 5.74) is 6.00. The number of carbonyl (C=O) groups excluding carboxylic acids is 1. The molecule has 0 bridgehead atoms. The summed E-state index contributed by atoms with van der Waals surface area (Å²) in [7, 11) is 0. The SMILES string of the molecule is O=C(c1cccc2s[c]nc12)N1CCC2(CC1)CCN(c1ccncc1)C2. The van der Waals surface area contributed by atoms with Gasteiger partial charge in [0, 0.05) is 44.3 Å². The molecule has 2 saturated heterocycles.